The lowest BCUT2D eigenvalue weighted by Gasteiger charge is -2.33. The van der Waals surface area contributed by atoms with Gasteiger partial charge in [-0.1, -0.05) is 17.7 Å². The van der Waals surface area contributed by atoms with Crippen LogP contribution in [0.15, 0.2) is 35.4 Å². The summed E-state index contributed by atoms with van der Waals surface area (Å²) in [4.78, 5) is 32.3. The Hall–Kier alpha value is -4.23. The number of rotatable bonds is 9. The monoisotopic (exact) mass is 634 g/mol. The van der Waals surface area contributed by atoms with Crippen molar-refractivity contribution in [2.45, 2.75) is 45.4 Å². The molecule has 0 spiro atoms. The smallest absolute Gasteiger partial charge is 0.293 e. The number of nitrogens with zero attached hydrogens (tertiary/aromatic N) is 8. The fraction of sp³-hybridized carbons (Fsp3) is 0.484. The minimum Gasteiger partial charge on any atom is -0.378 e. The molecular formula is C31H39ClN10O3. The first-order valence-electron chi connectivity index (χ1n) is 15.7. The van der Waals surface area contributed by atoms with Crippen LogP contribution in [-0.2, 0) is 4.74 Å². The molecule has 2 N–H and O–H groups in total. The fourth-order valence-electron chi connectivity index (χ4n) is 5.96. The van der Waals surface area contributed by atoms with E-state index in [0.717, 1.165) is 75.2 Å². The predicted octanol–water partition coefficient (Wildman–Crippen LogP) is 5.75. The van der Waals surface area contributed by atoms with Crippen LogP contribution in [0.2, 0.25) is 5.02 Å². The highest BCUT2D eigenvalue weighted by Crippen LogP contribution is 2.37. The average molecular weight is 635 g/mol. The maximum absolute atomic E-state index is 12.3. The first kappa shape index (κ1) is 30.8. The summed E-state index contributed by atoms with van der Waals surface area (Å²) in [6.07, 6.45) is 8.21. The van der Waals surface area contributed by atoms with Crippen molar-refractivity contribution in [3.8, 4) is 0 Å². The van der Waals surface area contributed by atoms with Crippen molar-refractivity contribution < 1.29 is 9.66 Å². The summed E-state index contributed by atoms with van der Waals surface area (Å²) in [5, 5.41) is 20.6. The third kappa shape index (κ3) is 7.54. The third-order valence-corrected chi connectivity index (χ3v) is 8.83. The van der Waals surface area contributed by atoms with Crippen LogP contribution >= 0.6 is 11.6 Å². The molecule has 0 atom stereocenters. The van der Waals surface area contributed by atoms with Crippen molar-refractivity contribution in [2.24, 2.45) is 5.10 Å². The summed E-state index contributed by atoms with van der Waals surface area (Å²) in [6.45, 7) is 7.85. The number of nitro groups is 1. The van der Waals surface area contributed by atoms with E-state index in [1.165, 1.54) is 6.42 Å². The number of nitrogens with one attached hydrogen (secondary N) is 2. The van der Waals surface area contributed by atoms with Gasteiger partial charge in [-0.2, -0.15) is 20.1 Å². The quantitative estimate of drug-likeness (QED) is 0.169. The standard InChI is InChI=1S/C31H39ClN10O3/c1-22-8-9-24(19-25(22)32)34-29-35-30(37-31(36-29)41-14-16-45-17-15-41)38-33-21-23-18-28(42(43)44)27(40-12-6-3-7-13-40)20-26(23)39-10-4-2-5-11-39/h8-9,18-21H,2-7,10-17H2,1H3,(H2,34,35,36,37,38). The maximum Gasteiger partial charge on any atom is 0.293 e. The van der Waals surface area contributed by atoms with Crippen LogP contribution in [0, 0.1) is 17.0 Å². The maximum atomic E-state index is 12.3. The first-order chi connectivity index (χ1) is 21.9. The molecular weight excluding hydrogens is 596 g/mol. The molecule has 0 unspecified atom stereocenters. The minimum absolute atomic E-state index is 0.0946. The van der Waals surface area contributed by atoms with Gasteiger partial charge in [-0.3, -0.25) is 10.1 Å². The summed E-state index contributed by atoms with van der Waals surface area (Å²) in [7, 11) is 0. The number of nitro benzene ring substituents is 1. The van der Waals surface area contributed by atoms with Crippen molar-refractivity contribution in [3.05, 3.63) is 56.6 Å². The molecule has 4 heterocycles. The molecule has 3 fully saturated rings. The summed E-state index contributed by atoms with van der Waals surface area (Å²) in [6, 6.07) is 9.30. The topological polar surface area (TPSA) is 137 Å². The van der Waals surface area contributed by atoms with Crippen LogP contribution in [0.5, 0.6) is 0 Å². The van der Waals surface area contributed by atoms with Gasteiger partial charge < -0.3 is 24.8 Å². The van der Waals surface area contributed by atoms with Crippen molar-refractivity contribution in [3.63, 3.8) is 0 Å². The summed E-state index contributed by atoms with van der Waals surface area (Å²) >= 11 is 6.35. The number of halogens is 1. The highest BCUT2D eigenvalue weighted by molar-refractivity contribution is 6.31. The van der Waals surface area contributed by atoms with Gasteiger partial charge >= 0.3 is 0 Å². The number of hydrogen-bond donors (Lipinski definition) is 2. The van der Waals surface area contributed by atoms with Gasteiger partial charge in [-0.05, 0) is 69.2 Å². The van der Waals surface area contributed by atoms with Gasteiger partial charge in [0.1, 0.15) is 5.69 Å². The summed E-state index contributed by atoms with van der Waals surface area (Å²) in [5.41, 5.74) is 7.08. The predicted molar refractivity (Wildman–Crippen MR) is 179 cm³/mol. The molecule has 3 aliphatic heterocycles. The zero-order chi connectivity index (χ0) is 31.2. The van der Waals surface area contributed by atoms with Gasteiger partial charge in [0.2, 0.25) is 17.8 Å². The Morgan fingerprint density at radius 1 is 0.867 bits per heavy atom. The SMILES string of the molecule is Cc1ccc(Nc2nc(NN=Cc3cc([N+](=O)[O-])c(N4CCCCC4)cc3N3CCCCC3)nc(N3CCOCC3)n2)cc1Cl. The molecule has 0 bridgehead atoms. The molecule has 2 aromatic carbocycles. The van der Waals surface area contributed by atoms with Gasteiger partial charge in [0.05, 0.1) is 24.4 Å². The molecule has 6 rings (SSSR count). The van der Waals surface area contributed by atoms with Crippen LogP contribution in [0.1, 0.15) is 49.7 Å². The molecule has 0 radical (unpaired) electrons. The van der Waals surface area contributed by atoms with E-state index in [-0.39, 0.29) is 16.6 Å². The number of hydrazone groups is 1. The summed E-state index contributed by atoms with van der Waals surface area (Å²) < 4.78 is 5.51. The number of morpholine rings is 1. The van der Waals surface area contributed by atoms with E-state index in [4.69, 9.17) is 16.3 Å². The Balaban J connectivity index is 1.31. The van der Waals surface area contributed by atoms with Crippen molar-refractivity contribution in [1.82, 2.24) is 15.0 Å². The lowest BCUT2D eigenvalue weighted by Crippen LogP contribution is -2.37. The van der Waals surface area contributed by atoms with Crippen LogP contribution in [0.4, 0.5) is 40.6 Å². The fourth-order valence-corrected chi connectivity index (χ4v) is 6.14. The molecule has 3 aliphatic rings. The zero-order valence-corrected chi connectivity index (χ0v) is 26.3. The van der Waals surface area contributed by atoms with E-state index < -0.39 is 0 Å². The molecule has 238 valence electrons. The second-order valence-corrected chi connectivity index (χ2v) is 12.0. The van der Waals surface area contributed by atoms with Crippen molar-refractivity contribution in [1.29, 1.82) is 0 Å². The average Bonchev–Trinajstić information content (AvgIpc) is 3.07. The summed E-state index contributed by atoms with van der Waals surface area (Å²) in [5.74, 6) is 1.06. The molecule has 1 aromatic heterocycles. The highest BCUT2D eigenvalue weighted by atomic mass is 35.5. The van der Waals surface area contributed by atoms with Crippen molar-refractivity contribution in [2.75, 3.05) is 77.9 Å². The van der Waals surface area contributed by atoms with E-state index in [1.54, 1.807) is 12.3 Å². The van der Waals surface area contributed by atoms with Gasteiger partial charge in [0.25, 0.3) is 5.69 Å². The normalized spacial score (nSPS) is 17.5. The molecule has 3 saturated heterocycles. The minimum atomic E-state index is -0.287. The molecule has 0 saturated carbocycles. The molecule has 3 aromatic rings. The van der Waals surface area contributed by atoms with E-state index in [9.17, 15) is 10.1 Å². The van der Waals surface area contributed by atoms with Gasteiger partial charge in [0.15, 0.2) is 0 Å². The number of hydrogen-bond acceptors (Lipinski definition) is 12. The molecule has 13 nitrogen and oxygen atoms in total. The van der Waals surface area contributed by atoms with Crippen LogP contribution in [-0.4, -0.2) is 78.6 Å². The van der Waals surface area contributed by atoms with E-state index >= 15 is 0 Å². The molecule has 14 heteroatoms. The number of anilines is 6. The number of aryl methyl sites for hydroxylation is 1. The van der Waals surface area contributed by atoms with E-state index in [0.29, 0.717) is 54.5 Å². The Morgan fingerprint density at radius 3 is 2.20 bits per heavy atom. The Labute approximate surface area is 267 Å². The van der Waals surface area contributed by atoms with E-state index in [1.807, 2.05) is 36.1 Å². The number of piperidine rings is 2. The highest BCUT2D eigenvalue weighted by Gasteiger charge is 2.26. The number of benzene rings is 2. The first-order valence-corrected chi connectivity index (χ1v) is 16.1. The van der Waals surface area contributed by atoms with Crippen LogP contribution in [0.3, 0.4) is 0 Å². The Morgan fingerprint density at radius 2 is 1.53 bits per heavy atom. The number of aromatic nitrogens is 3. The molecule has 0 amide bonds. The van der Waals surface area contributed by atoms with Gasteiger partial charge in [0, 0.05) is 67.3 Å². The largest absolute Gasteiger partial charge is 0.378 e. The van der Waals surface area contributed by atoms with Gasteiger partial charge in [-0.15, -0.1) is 0 Å². The number of ether oxygens (including phenoxy) is 1. The lowest BCUT2D eigenvalue weighted by atomic mass is 10.0. The van der Waals surface area contributed by atoms with Crippen LogP contribution < -0.4 is 25.4 Å². The molecule has 0 aliphatic carbocycles. The van der Waals surface area contributed by atoms with Crippen molar-refractivity contribution >= 4 is 58.4 Å². The van der Waals surface area contributed by atoms with E-state index in [2.05, 4.69) is 40.6 Å². The second-order valence-electron chi connectivity index (χ2n) is 11.6. The molecule has 45 heavy (non-hydrogen) atoms. The van der Waals surface area contributed by atoms with Crippen LogP contribution in [0.25, 0.3) is 0 Å². The Bertz CT molecular complexity index is 1540. The zero-order valence-electron chi connectivity index (χ0n) is 25.5. The third-order valence-electron chi connectivity index (χ3n) is 8.43. The Kier molecular flexibility index (Phi) is 9.75. The second kappa shape index (κ2) is 14.2. The van der Waals surface area contributed by atoms with Gasteiger partial charge in [-0.25, -0.2) is 5.43 Å². The lowest BCUT2D eigenvalue weighted by molar-refractivity contribution is -0.384.